The van der Waals surface area contributed by atoms with Crippen LogP contribution >= 0.6 is 23.1 Å². The molecule has 0 radical (unpaired) electrons. The number of halogens is 1. The van der Waals surface area contributed by atoms with Crippen molar-refractivity contribution in [3.05, 3.63) is 45.8 Å². The number of hydrogen-bond donors (Lipinski definition) is 1. The number of unbranched alkanes of at least 4 members (excludes halogenated alkanes) is 1. The SMILES string of the molecule is CCCCOC(=O)CSc1nc2scc(-c3ccc(F)cc3)c2c(=O)[nH]1. The highest BCUT2D eigenvalue weighted by Crippen LogP contribution is 2.31. The van der Waals surface area contributed by atoms with Crippen molar-refractivity contribution >= 4 is 39.3 Å². The number of ether oxygens (including phenoxy) is 1. The van der Waals surface area contributed by atoms with Gasteiger partial charge in [0.25, 0.3) is 5.56 Å². The van der Waals surface area contributed by atoms with Gasteiger partial charge in [0.1, 0.15) is 10.6 Å². The molecule has 5 nitrogen and oxygen atoms in total. The van der Waals surface area contributed by atoms with Crippen LogP contribution < -0.4 is 5.56 Å². The first kappa shape index (κ1) is 18.6. The van der Waals surface area contributed by atoms with Crippen molar-refractivity contribution in [3.63, 3.8) is 0 Å². The average molecular weight is 392 g/mol. The number of nitrogens with zero attached hydrogens (tertiary/aromatic N) is 1. The minimum absolute atomic E-state index is 0.0916. The Morgan fingerprint density at radius 1 is 1.35 bits per heavy atom. The molecule has 0 amide bonds. The average Bonchev–Trinajstić information content (AvgIpc) is 3.05. The van der Waals surface area contributed by atoms with Gasteiger partial charge in [-0.15, -0.1) is 11.3 Å². The van der Waals surface area contributed by atoms with Crippen LogP contribution in [0.3, 0.4) is 0 Å². The second-order valence-corrected chi connectivity index (χ2v) is 7.39. The molecule has 1 aromatic carbocycles. The number of benzene rings is 1. The summed E-state index contributed by atoms with van der Waals surface area (Å²) in [5.74, 6) is -0.567. The topological polar surface area (TPSA) is 72.0 Å². The number of carbonyl (C=O) groups excluding carboxylic acids is 1. The molecule has 26 heavy (non-hydrogen) atoms. The van der Waals surface area contributed by atoms with Crippen molar-refractivity contribution in [2.75, 3.05) is 12.4 Å². The number of rotatable bonds is 7. The summed E-state index contributed by atoms with van der Waals surface area (Å²) in [6.07, 6.45) is 1.79. The summed E-state index contributed by atoms with van der Waals surface area (Å²) < 4.78 is 18.2. The Morgan fingerprint density at radius 2 is 2.12 bits per heavy atom. The summed E-state index contributed by atoms with van der Waals surface area (Å²) in [7, 11) is 0. The number of H-pyrrole nitrogens is 1. The molecule has 0 atom stereocenters. The van der Waals surface area contributed by atoms with Crippen molar-refractivity contribution < 1.29 is 13.9 Å². The van der Waals surface area contributed by atoms with E-state index in [1.54, 1.807) is 12.1 Å². The van der Waals surface area contributed by atoms with Gasteiger partial charge in [0.15, 0.2) is 5.16 Å². The molecule has 0 fully saturated rings. The summed E-state index contributed by atoms with van der Waals surface area (Å²) in [6, 6.07) is 5.97. The second-order valence-electron chi connectivity index (χ2n) is 5.57. The van der Waals surface area contributed by atoms with Crippen LogP contribution in [0.15, 0.2) is 39.6 Å². The van der Waals surface area contributed by atoms with Gasteiger partial charge in [0.2, 0.25) is 0 Å². The van der Waals surface area contributed by atoms with Gasteiger partial charge in [-0.2, -0.15) is 0 Å². The fourth-order valence-corrected chi connectivity index (χ4v) is 4.00. The third-order valence-corrected chi connectivity index (χ3v) is 5.38. The number of thiophene rings is 1. The van der Waals surface area contributed by atoms with Crippen molar-refractivity contribution in [3.8, 4) is 11.1 Å². The highest BCUT2D eigenvalue weighted by atomic mass is 32.2. The van der Waals surface area contributed by atoms with Crippen molar-refractivity contribution in [1.29, 1.82) is 0 Å². The minimum Gasteiger partial charge on any atom is -0.465 e. The molecule has 0 unspecified atom stereocenters. The van der Waals surface area contributed by atoms with E-state index < -0.39 is 0 Å². The Hall–Kier alpha value is -2.19. The van der Waals surface area contributed by atoms with Gasteiger partial charge >= 0.3 is 5.97 Å². The number of nitrogens with one attached hydrogen (secondary N) is 1. The van der Waals surface area contributed by atoms with E-state index in [0.717, 1.165) is 30.2 Å². The van der Waals surface area contributed by atoms with Crippen LogP contribution in [0, 0.1) is 5.82 Å². The highest BCUT2D eigenvalue weighted by molar-refractivity contribution is 7.99. The van der Waals surface area contributed by atoms with Gasteiger partial charge in [0, 0.05) is 10.9 Å². The second kappa shape index (κ2) is 8.46. The predicted octanol–water partition coefficient (Wildman–Crippen LogP) is 4.23. The van der Waals surface area contributed by atoms with E-state index in [4.69, 9.17) is 4.74 Å². The van der Waals surface area contributed by atoms with Crippen LogP contribution in [0.25, 0.3) is 21.3 Å². The lowest BCUT2D eigenvalue weighted by molar-refractivity contribution is -0.140. The lowest BCUT2D eigenvalue weighted by Crippen LogP contribution is -2.11. The molecule has 0 saturated carbocycles. The highest BCUT2D eigenvalue weighted by Gasteiger charge is 2.14. The molecule has 0 bridgehead atoms. The monoisotopic (exact) mass is 392 g/mol. The molecule has 8 heteroatoms. The van der Waals surface area contributed by atoms with Crippen LogP contribution in [-0.4, -0.2) is 28.3 Å². The van der Waals surface area contributed by atoms with Gasteiger partial charge < -0.3 is 9.72 Å². The van der Waals surface area contributed by atoms with Crippen molar-refractivity contribution in [2.45, 2.75) is 24.9 Å². The van der Waals surface area contributed by atoms with Gasteiger partial charge in [-0.1, -0.05) is 37.2 Å². The van der Waals surface area contributed by atoms with Gasteiger partial charge in [-0.3, -0.25) is 9.59 Å². The van der Waals surface area contributed by atoms with E-state index >= 15 is 0 Å². The number of carbonyl (C=O) groups is 1. The molecular weight excluding hydrogens is 375 g/mol. The van der Waals surface area contributed by atoms with Crippen molar-refractivity contribution in [2.24, 2.45) is 0 Å². The molecule has 136 valence electrons. The Balaban J connectivity index is 1.78. The van der Waals surface area contributed by atoms with Crippen LogP contribution in [0.5, 0.6) is 0 Å². The van der Waals surface area contributed by atoms with Crippen LogP contribution in [-0.2, 0) is 9.53 Å². The molecular formula is C18H17FN2O3S2. The number of aromatic nitrogens is 2. The first-order valence-electron chi connectivity index (χ1n) is 8.14. The predicted molar refractivity (Wildman–Crippen MR) is 102 cm³/mol. The van der Waals surface area contributed by atoms with E-state index in [1.807, 2.05) is 12.3 Å². The summed E-state index contributed by atoms with van der Waals surface area (Å²) in [6.45, 7) is 2.43. The number of fused-ring (bicyclic) bond motifs is 1. The van der Waals surface area contributed by atoms with E-state index in [1.165, 1.54) is 23.5 Å². The van der Waals surface area contributed by atoms with E-state index in [0.29, 0.717) is 27.5 Å². The third kappa shape index (κ3) is 4.31. The molecule has 0 spiro atoms. The Bertz CT molecular complexity index is 967. The Labute approximate surface area is 157 Å². The molecule has 3 rings (SSSR count). The molecule has 3 aromatic rings. The fourth-order valence-electron chi connectivity index (χ4n) is 2.34. The van der Waals surface area contributed by atoms with Crippen LogP contribution in [0.1, 0.15) is 19.8 Å². The fraction of sp³-hybridized carbons (Fsp3) is 0.278. The van der Waals surface area contributed by atoms with Crippen LogP contribution in [0.4, 0.5) is 4.39 Å². The number of esters is 1. The molecule has 2 heterocycles. The van der Waals surface area contributed by atoms with Gasteiger partial charge in [0.05, 0.1) is 17.7 Å². The standard InChI is InChI=1S/C18H17FN2O3S2/c1-2-3-8-24-14(22)10-26-18-20-16(23)15-13(9-25-17(15)21-18)11-4-6-12(19)7-5-11/h4-7,9H,2-3,8,10H2,1H3,(H,20,21,23). The molecule has 1 N–H and O–H groups in total. The van der Waals surface area contributed by atoms with Gasteiger partial charge in [-0.25, -0.2) is 9.37 Å². The summed E-state index contributed by atoms with van der Waals surface area (Å²) in [5.41, 5.74) is 1.19. The lowest BCUT2D eigenvalue weighted by atomic mass is 10.1. The third-order valence-electron chi connectivity index (χ3n) is 3.67. The summed E-state index contributed by atoms with van der Waals surface area (Å²) >= 11 is 2.48. The van der Waals surface area contributed by atoms with Gasteiger partial charge in [-0.05, 0) is 24.1 Å². The molecule has 0 saturated heterocycles. The molecule has 2 aromatic heterocycles. The largest absolute Gasteiger partial charge is 0.465 e. The summed E-state index contributed by atoms with van der Waals surface area (Å²) in [5, 5.41) is 2.67. The Morgan fingerprint density at radius 3 is 2.85 bits per heavy atom. The zero-order valence-corrected chi connectivity index (χ0v) is 15.7. The maximum atomic E-state index is 13.1. The maximum Gasteiger partial charge on any atom is 0.316 e. The number of aromatic amines is 1. The van der Waals surface area contributed by atoms with E-state index in [2.05, 4.69) is 9.97 Å². The quantitative estimate of drug-likeness (QED) is 0.282. The Kier molecular flexibility index (Phi) is 6.05. The molecule has 0 aliphatic rings. The number of thioether (sulfide) groups is 1. The first-order chi connectivity index (χ1) is 12.6. The smallest absolute Gasteiger partial charge is 0.316 e. The minimum atomic E-state index is -0.329. The normalized spacial score (nSPS) is 11.0. The summed E-state index contributed by atoms with van der Waals surface area (Å²) in [4.78, 5) is 31.8. The molecule has 0 aliphatic heterocycles. The number of hydrogen-bond acceptors (Lipinski definition) is 6. The lowest BCUT2D eigenvalue weighted by Gasteiger charge is -2.04. The van der Waals surface area contributed by atoms with E-state index in [9.17, 15) is 14.0 Å². The zero-order valence-electron chi connectivity index (χ0n) is 14.1. The molecule has 0 aliphatic carbocycles. The zero-order chi connectivity index (χ0) is 18.5. The van der Waals surface area contributed by atoms with Crippen molar-refractivity contribution in [1.82, 2.24) is 9.97 Å². The first-order valence-corrected chi connectivity index (χ1v) is 10.0. The van der Waals surface area contributed by atoms with Crippen LogP contribution in [0.2, 0.25) is 0 Å². The maximum absolute atomic E-state index is 13.1. The van der Waals surface area contributed by atoms with E-state index in [-0.39, 0.29) is 23.1 Å².